The van der Waals surface area contributed by atoms with Gasteiger partial charge in [0, 0.05) is 39.3 Å². The van der Waals surface area contributed by atoms with E-state index in [-0.39, 0.29) is 0 Å². The predicted molar refractivity (Wildman–Crippen MR) is 94.3 cm³/mol. The molecule has 1 fully saturated rings. The molecular weight excluding hydrogens is 272 g/mol. The van der Waals surface area contributed by atoms with E-state index in [1.54, 1.807) is 0 Å². The van der Waals surface area contributed by atoms with E-state index in [0.717, 1.165) is 25.1 Å². The zero-order valence-electron chi connectivity index (χ0n) is 14.6. The van der Waals surface area contributed by atoms with Crippen molar-refractivity contribution in [2.75, 3.05) is 27.7 Å². The van der Waals surface area contributed by atoms with Gasteiger partial charge in [0.15, 0.2) is 5.96 Å². The lowest BCUT2D eigenvalue weighted by Crippen LogP contribution is -2.45. The summed E-state index contributed by atoms with van der Waals surface area (Å²) in [6.07, 6.45) is 2.70. The van der Waals surface area contributed by atoms with Crippen LogP contribution in [0.4, 0.5) is 0 Å². The van der Waals surface area contributed by atoms with E-state index in [0.29, 0.717) is 6.04 Å². The number of aryl methyl sites for hydroxylation is 1. The summed E-state index contributed by atoms with van der Waals surface area (Å²) in [5.74, 6) is 0.955. The summed E-state index contributed by atoms with van der Waals surface area (Å²) in [4.78, 5) is 9.05. The van der Waals surface area contributed by atoms with Crippen molar-refractivity contribution in [3.63, 3.8) is 0 Å². The van der Waals surface area contributed by atoms with E-state index in [1.807, 2.05) is 7.05 Å². The molecule has 122 valence electrons. The van der Waals surface area contributed by atoms with Crippen LogP contribution in [0, 0.1) is 6.92 Å². The first-order chi connectivity index (χ1) is 10.5. The number of aliphatic imine (C=N–C) groups is 1. The van der Waals surface area contributed by atoms with Gasteiger partial charge in [-0.3, -0.25) is 9.89 Å². The summed E-state index contributed by atoms with van der Waals surface area (Å²) in [7, 11) is 6.16. The second-order valence-electron chi connectivity index (χ2n) is 6.52. The molecule has 1 atom stereocenters. The molecule has 22 heavy (non-hydrogen) atoms. The van der Waals surface area contributed by atoms with Crippen LogP contribution in [0.3, 0.4) is 0 Å². The highest BCUT2D eigenvalue weighted by Gasteiger charge is 2.29. The van der Waals surface area contributed by atoms with Crippen LogP contribution in [0.5, 0.6) is 0 Å². The fourth-order valence-electron chi connectivity index (χ4n) is 2.65. The quantitative estimate of drug-likeness (QED) is 0.647. The van der Waals surface area contributed by atoms with Gasteiger partial charge in [0.05, 0.1) is 0 Å². The number of hydrogen-bond acceptors (Lipinski definition) is 2. The molecule has 1 aromatic carbocycles. The van der Waals surface area contributed by atoms with Crippen LogP contribution in [-0.2, 0) is 6.54 Å². The van der Waals surface area contributed by atoms with Crippen LogP contribution in [0.25, 0.3) is 0 Å². The van der Waals surface area contributed by atoms with Gasteiger partial charge in [-0.15, -0.1) is 0 Å². The first-order valence-corrected chi connectivity index (χ1v) is 8.20. The van der Waals surface area contributed by atoms with E-state index in [4.69, 9.17) is 0 Å². The molecule has 0 saturated heterocycles. The van der Waals surface area contributed by atoms with Crippen LogP contribution in [0.2, 0.25) is 0 Å². The molecule has 1 aliphatic rings. The maximum Gasteiger partial charge on any atom is 0.193 e. The molecule has 1 aliphatic carbocycles. The average molecular weight is 302 g/mol. The molecule has 0 amide bonds. The lowest BCUT2D eigenvalue weighted by atomic mass is 10.1. The van der Waals surface area contributed by atoms with Crippen molar-refractivity contribution >= 4 is 5.96 Å². The van der Waals surface area contributed by atoms with E-state index in [9.17, 15) is 0 Å². The number of likely N-dealkylation sites (N-methyl/N-ethyl adjacent to an activating group) is 1. The third-order valence-corrected chi connectivity index (χ3v) is 4.49. The van der Waals surface area contributed by atoms with E-state index < -0.39 is 0 Å². The highest BCUT2D eigenvalue weighted by atomic mass is 15.3. The second kappa shape index (κ2) is 7.63. The molecule has 0 spiro atoms. The minimum atomic E-state index is 0.525. The lowest BCUT2D eigenvalue weighted by molar-refractivity contribution is 0.246. The number of hydrogen-bond donors (Lipinski definition) is 1. The van der Waals surface area contributed by atoms with Crippen molar-refractivity contribution in [3.05, 3.63) is 35.4 Å². The zero-order valence-corrected chi connectivity index (χ0v) is 14.6. The highest BCUT2D eigenvalue weighted by Crippen LogP contribution is 2.26. The molecule has 0 bridgehead atoms. The summed E-state index contributed by atoms with van der Waals surface area (Å²) in [6.45, 7) is 6.19. The monoisotopic (exact) mass is 302 g/mol. The Labute approximate surface area is 135 Å². The summed E-state index contributed by atoms with van der Waals surface area (Å²) in [6, 6.07) is 10.0. The Bertz CT molecular complexity index is 490. The van der Waals surface area contributed by atoms with Gasteiger partial charge >= 0.3 is 0 Å². The van der Waals surface area contributed by atoms with Crippen molar-refractivity contribution in [3.8, 4) is 0 Å². The number of nitrogens with zero attached hydrogens (tertiary/aromatic N) is 3. The molecule has 0 radical (unpaired) electrons. The number of benzene rings is 1. The van der Waals surface area contributed by atoms with Gasteiger partial charge in [0.1, 0.15) is 0 Å². The Hall–Kier alpha value is -1.55. The van der Waals surface area contributed by atoms with Gasteiger partial charge in [0.2, 0.25) is 0 Å². The van der Waals surface area contributed by atoms with Gasteiger partial charge in [-0.2, -0.15) is 0 Å². The molecular formula is C18H30N4. The molecule has 1 N–H and O–H groups in total. The van der Waals surface area contributed by atoms with Crippen LogP contribution in [-0.4, -0.2) is 55.5 Å². The minimum Gasteiger partial charge on any atom is -0.355 e. The van der Waals surface area contributed by atoms with Crippen molar-refractivity contribution in [2.45, 2.75) is 45.3 Å². The number of guanidine groups is 1. The van der Waals surface area contributed by atoms with Crippen LogP contribution < -0.4 is 5.32 Å². The molecule has 1 aromatic rings. The SMILES string of the molecule is CN=C(NCC(C)N(C)C1CC1)N(C)Cc1ccc(C)cc1. The largest absolute Gasteiger partial charge is 0.355 e. The topological polar surface area (TPSA) is 30.9 Å². The Balaban J connectivity index is 1.83. The highest BCUT2D eigenvalue weighted by molar-refractivity contribution is 5.79. The smallest absolute Gasteiger partial charge is 0.193 e. The van der Waals surface area contributed by atoms with Gasteiger partial charge in [-0.05, 0) is 39.3 Å². The predicted octanol–water partition coefficient (Wildman–Crippen LogP) is 2.48. The van der Waals surface area contributed by atoms with Gasteiger partial charge < -0.3 is 10.2 Å². The van der Waals surface area contributed by atoms with Crippen LogP contribution >= 0.6 is 0 Å². The van der Waals surface area contributed by atoms with Gasteiger partial charge in [-0.1, -0.05) is 29.8 Å². The molecule has 4 nitrogen and oxygen atoms in total. The molecule has 2 rings (SSSR count). The molecule has 0 aromatic heterocycles. The fourth-order valence-corrected chi connectivity index (χ4v) is 2.65. The van der Waals surface area contributed by atoms with Gasteiger partial charge in [0.25, 0.3) is 0 Å². The Morgan fingerprint density at radius 3 is 2.45 bits per heavy atom. The fraction of sp³-hybridized carbons (Fsp3) is 0.611. The summed E-state index contributed by atoms with van der Waals surface area (Å²) in [5.41, 5.74) is 2.60. The summed E-state index contributed by atoms with van der Waals surface area (Å²) >= 11 is 0. The van der Waals surface area contributed by atoms with E-state index in [1.165, 1.54) is 24.0 Å². The van der Waals surface area contributed by atoms with E-state index in [2.05, 4.69) is 72.3 Å². The molecule has 1 unspecified atom stereocenters. The van der Waals surface area contributed by atoms with Gasteiger partial charge in [-0.25, -0.2) is 0 Å². The number of nitrogens with one attached hydrogen (secondary N) is 1. The Kier molecular flexibility index (Phi) is 5.83. The molecule has 0 aliphatic heterocycles. The van der Waals surface area contributed by atoms with Crippen LogP contribution in [0.1, 0.15) is 30.9 Å². The molecule has 0 heterocycles. The maximum absolute atomic E-state index is 4.41. The van der Waals surface area contributed by atoms with E-state index >= 15 is 0 Å². The first-order valence-electron chi connectivity index (χ1n) is 8.20. The number of rotatable bonds is 6. The van der Waals surface area contributed by atoms with Crippen molar-refractivity contribution < 1.29 is 0 Å². The Morgan fingerprint density at radius 1 is 1.27 bits per heavy atom. The minimum absolute atomic E-state index is 0.525. The second-order valence-corrected chi connectivity index (χ2v) is 6.52. The molecule has 1 saturated carbocycles. The third kappa shape index (κ3) is 4.73. The standard InChI is InChI=1S/C18H30N4/c1-14-6-8-16(9-7-14)13-21(4)18(19-3)20-12-15(2)22(5)17-10-11-17/h6-9,15,17H,10-13H2,1-5H3,(H,19,20). The lowest BCUT2D eigenvalue weighted by Gasteiger charge is -2.28. The average Bonchev–Trinajstić information content (AvgIpc) is 3.34. The van der Waals surface area contributed by atoms with Crippen molar-refractivity contribution in [1.29, 1.82) is 0 Å². The zero-order chi connectivity index (χ0) is 16.1. The van der Waals surface area contributed by atoms with Crippen molar-refractivity contribution in [1.82, 2.24) is 15.1 Å². The summed E-state index contributed by atoms with van der Waals surface area (Å²) < 4.78 is 0. The van der Waals surface area contributed by atoms with Crippen molar-refractivity contribution in [2.24, 2.45) is 4.99 Å². The van der Waals surface area contributed by atoms with Crippen LogP contribution in [0.15, 0.2) is 29.3 Å². The third-order valence-electron chi connectivity index (χ3n) is 4.49. The Morgan fingerprint density at radius 2 is 1.91 bits per heavy atom. The molecule has 4 heteroatoms. The summed E-state index contributed by atoms with van der Waals surface area (Å²) in [5, 5.41) is 3.50. The first kappa shape index (κ1) is 16.8. The maximum atomic E-state index is 4.41. The normalized spacial score (nSPS) is 16.7.